The summed E-state index contributed by atoms with van der Waals surface area (Å²) in [5, 5.41) is 5.93. The van der Waals surface area contributed by atoms with Crippen LogP contribution < -0.4 is 16.4 Å². The molecule has 2 heterocycles. The molecule has 0 bridgehead atoms. The van der Waals surface area contributed by atoms with E-state index in [2.05, 4.69) is 10.6 Å². The maximum atomic E-state index is 12.8. The second-order valence-corrected chi connectivity index (χ2v) is 7.85. The number of nitrogens with zero attached hydrogens (tertiary/aromatic N) is 1. The van der Waals surface area contributed by atoms with Crippen molar-refractivity contribution in [2.75, 3.05) is 0 Å². The van der Waals surface area contributed by atoms with Crippen LogP contribution in [0.4, 0.5) is 0 Å². The molecule has 7 nitrogen and oxygen atoms in total. The zero-order valence-corrected chi connectivity index (χ0v) is 15.4. The predicted octanol–water partition coefficient (Wildman–Crippen LogP) is 0.807. The second-order valence-electron chi connectivity index (χ2n) is 7.85. The molecule has 4 rings (SSSR count). The quantitative estimate of drug-likeness (QED) is 0.680. The van der Waals surface area contributed by atoms with Gasteiger partial charge in [-0.3, -0.25) is 19.7 Å². The number of rotatable bonds is 4. The van der Waals surface area contributed by atoms with E-state index in [0.717, 1.165) is 36.8 Å². The van der Waals surface area contributed by atoms with E-state index in [9.17, 15) is 14.4 Å². The molecule has 2 aliphatic heterocycles. The first-order valence-corrected chi connectivity index (χ1v) is 9.77. The molecule has 0 spiro atoms. The number of piperidine rings is 1. The summed E-state index contributed by atoms with van der Waals surface area (Å²) in [6, 6.07) is 5.86. The third kappa shape index (κ3) is 3.61. The van der Waals surface area contributed by atoms with Gasteiger partial charge in [0.15, 0.2) is 0 Å². The van der Waals surface area contributed by atoms with Crippen molar-refractivity contribution in [1.29, 1.82) is 0 Å². The molecule has 1 aliphatic carbocycles. The van der Waals surface area contributed by atoms with Crippen molar-refractivity contribution in [3.63, 3.8) is 0 Å². The van der Waals surface area contributed by atoms with Gasteiger partial charge in [0.25, 0.3) is 5.91 Å². The summed E-state index contributed by atoms with van der Waals surface area (Å²) in [6.45, 7) is 1.11. The molecule has 2 fully saturated rings. The van der Waals surface area contributed by atoms with E-state index in [1.165, 1.54) is 0 Å². The topological polar surface area (TPSA) is 105 Å². The number of nitrogens with one attached hydrogen (secondary N) is 2. The third-order valence-corrected chi connectivity index (χ3v) is 5.98. The minimum atomic E-state index is -0.570. The van der Waals surface area contributed by atoms with Gasteiger partial charge < -0.3 is 16.0 Å². The van der Waals surface area contributed by atoms with Gasteiger partial charge in [-0.05, 0) is 42.9 Å². The molecule has 3 atom stereocenters. The Hall–Kier alpha value is -2.25. The number of imide groups is 1. The fraction of sp³-hybridized carbons (Fsp3) is 0.550. The van der Waals surface area contributed by atoms with Crippen molar-refractivity contribution in [1.82, 2.24) is 15.5 Å². The molecule has 1 saturated heterocycles. The van der Waals surface area contributed by atoms with E-state index in [1.807, 2.05) is 18.2 Å². The largest absolute Gasteiger partial charge is 0.328 e. The lowest BCUT2D eigenvalue weighted by atomic mass is 9.91. The summed E-state index contributed by atoms with van der Waals surface area (Å²) in [5.41, 5.74) is 8.82. The summed E-state index contributed by atoms with van der Waals surface area (Å²) in [7, 11) is 0. The number of benzene rings is 1. The van der Waals surface area contributed by atoms with Crippen LogP contribution in [0, 0.1) is 0 Å². The zero-order valence-electron chi connectivity index (χ0n) is 15.4. The molecule has 0 radical (unpaired) electrons. The van der Waals surface area contributed by atoms with Crippen LogP contribution in [0.5, 0.6) is 0 Å². The van der Waals surface area contributed by atoms with Crippen LogP contribution in [-0.2, 0) is 22.7 Å². The first-order chi connectivity index (χ1) is 13.0. The van der Waals surface area contributed by atoms with Gasteiger partial charge in [-0.1, -0.05) is 18.6 Å². The maximum absolute atomic E-state index is 12.8. The Morgan fingerprint density at radius 3 is 2.81 bits per heavy atom. The van der Waals surface area contributed by atoms with Gasteiger partial charge >= 0.3 is 0 Å². The van der Waals surface area contributed by atoms with Gasteiger partial charge in [-0.25, -0.2) is 0 Å². The van der Waals surface area contributed by atoms with Crippen LogP contribution in [0.15, 0.2) is 18.2 Å². The van der Waals surface area contributed by atoms with Crippen molar-refractivity contribution in [2.24, 2.45) is 5.73 Å². The normalized spacial score (nSPS) is 28.3. The monoisotopic (exact) mass is 370 g/mol. The van der Waals surface area contributed by atoms with Gasteiger partial charge in [0.05, 0.1) is 0 Å². The molecule has 1 saturated carbocycles. The van der Waals surface area contributed by atoms with Crippen LogP contribution in [-0.4, -0.2) is 40.7 Å². The van der Waals surface area contributed by atoms with Gasteiger partial charge in [0.2, 0.25) is 11.8 Å². The summed E-state index contributed by atoms with van der Waals surface area (Å²) in [5.74, 6) is -0.764. The molecule has 1 unspecified atom stereocenters. The number of amides is 3. The molecule has 3 amide bonds. The Balaban J connectivity index is 1.47. The van der Waals surface area contributed by atoms with Gasteiger partial charge in [0, 0.05) is 37.2 Å². The van der Waals surface area contributed by atoms with E-state index in [4.69, 9.17) is 5.73 Å². The minimum Gasteiger partial charge on any atom is -0.328 e. The fourth-order valence-electron chi connectivity index (χ4n) is 4.48. The van der Waals surface area contributed by atoms with Crippen molar-refractivity contribution in [2.45, 2.75) is 69.7 Å². The van der Waals surface area contributed by atoms with Crippen LogP contribution in [0.25, 0.3) is 0 Å². The average Bonchev–Trinajstić information content (AvgIpc) is 2.97. The Kier molecular flexibility index (Phi) is 4.97. The van der Waals surface area contributed by atoms with Gasteiger partial charge in [-0.15, -0.1) is 0 Å². The molecule has 0 aromatic heterocycles. The highest BCUT2D eigenvalue weighted by atomic mass is 16.2. The van der Waals surface area contributed by atoms with Gasteiger partial charge in [0.1, 0.15) is 6.04 Å². The number of nitrogens with two attached hydrogens (primary N) is 1. The number of hydrogen-bond acceptors (Lipinski definition) is 5. The smallest absolute Gasteiger partial charge is 0.255 e. The summed E-state index contributed by atoms with van der Waals surface area (Å²) >= 11 is 0. The summed E-state index contributed by atoms with van der Waals surface area (Å²) < 4.78 is 0. The van der Waals surface area contributed by atoms with Crippen molar-refractivity contribution in [3.8, 4) is 0 Å². The summed E-state index contributed by atoms with van der Waals surface area (Å²) in [4.78, 5) is 38.0. The van der Waals surface area contributed by atoms with Crippen LogP contribution >= 0.6 is 0 Å². The molecule has 3 aliphatic rings. The second kappa shape index (κ2) is 7.40. The number of carbonyl (C=O) groups excluding carboxylic acids is 3. The molecule has 7 heteroatoms. The maximum Gasteiger partial charge on any atom is 0.255 e. The molecule has 1 aromatic carbocycles. The molecule has 144 valence electrons. The predicted molar refractivity (Wildman–Crippen MR) is 99.6 cm³/mol. The Labute approximate surface area is 158 Å². The first kappa shape index (κ1) is 18.1. The number of fused-ring (bicyclic) bond motifs is 1. The van der Waals surface area contributed by atoms with Crippen molar-refractivity contribution in [3.05, 3.63) is 34.9 Å². The van der Waals surface area contributed by atoms with Crippen LogP contribution in [0.3, 0.4) is 0 Å². The number of hydrogen-bond donors (Lipinski definition) is 3. The Bertz CT molecular complexity index is 778. The molecular formula is C20H26N4O3. The van der Waals surface area contributed by atoms with Crippen LogP contribution in [0.2, 0.25) is 0 Å². The fourth-order valence-corrected chi connectivity index (χ4v) is 4.48. The van der Waals surface area contributed by atoms with E-state index >= 15 is 0 Å². The summed E-state index contributed by atoms with van der Waals surface area (Å²) in [6.07, 6.45) is 5.01. The van der Waals surface area contributed by atoms with Gasteiger partial charge in [-0.2, -0.15) is 0 Å². The highest BCUT2D eigenvalue weighted by Crippen LogP contribution is 2.30. The average molecular weight is 370 g/mol. The number of carbonyl (C=O) groups is 3. The molecule has 27 heavy (non-hydrogen) atoms. The SMILES string of the molecule is N[C@@H]1CCC[C@@H](NCc2cccc3c2CN(C2CCC(=O)NC2=O)C3=O)C1. The standard InChI is InChI=1S/C20H26N4O3/c21-13-4-2-5-14(9-13)22-10-12-3-1-6-15-16(12)11-24(20(15)27)17-7-8-18(25)23-19(17)26/h1,3,6,13-14,17,22H,2,4-5,7-11,21H2,(H,23,25,26)/t13-,14-,17?/m1/s1. The Morgan fingerprint density at radius 1 is 1.19 bits per heavy atom. The van der Waals surface area contributed by atoms with E-state index in [0.29, 0.717) is 31.1 Å². The highest BCUT2D eigenvalue weighted by molar-refractivity contribution is 6.05. The molecular weight excluding hydrogens is 344 g/mol. The lowest BCUT2D eigenvalue weighted by Crippen LogP contribution is -2.52. The lowest BCUT2D eigenvalue weighted by molar-refractivity contribution is -0.136. The molecule has 1 aromatic rings. The Morgan fingerprint density at radius 2 is 2.04 bits per heavy atom. The van der Waals surface area contributed by atoms with Crippen LogP contribution in [0.1, 0.15) is 60.0 Å². The highest BCUT2D eigenvalue weighted by Gasteiger charge is 2.39. The minimum absolute atomic E-state index is 0.124. The van der Waals surface area contributed by atoms with Crippen molar-refractivity contribution >= 4 is 17.7 Å². The van der Waals surface area contributed by atoms with E-state index < -0.39 is 6.04 Å². The lowest BCUT2D eigenvalue weighted by Gasteiger charge is -2.29. The van der Waals surface area contributed by atoms with Crippen molar-refractivity contribution < 1.29 is 14.4 Å². The zero-order chi connectivity index (χ0) is 19.0. The van der Waals surface area contributed by atoms with E-state index in [1.54, 1.807) is 4.90 Å². The third-order valence-electron chi connectivity index (χ3n) is 5.98. The van der Waals surface area contributed by atoms with E-state index in [-0.39, 0.29) is 30.2 Å². The molecule has 4 N–H and O–H groups in total. The first-order valence-electron chi connectivity index (χ1n) is 9.77.